The summed E-state index contributed by atoms with van der Waals surface area (Å²) in [5, 5.41) is 4.47. The first-order chi connectivity index (χ1) is 15.5. The summed E-state index contributed by atoms with van der Waals surface area (Å²) in [5.41, 5.74) is 6.80. The van der Waals surface area contributed by atoms with E-state index in [1.165, 1.54) is 42.4 Å². The molecule has 0 unspecified atom stereocenters. The van der Waals surface area contributed by atoms with Crippen LogP contribution in [0.15, 0.2) is 18.2 Å². The Morgan fingerprint density at radius 1 is 1.12 bits per heavy atom. The topological polar surface area (TPSA) is 61.2 Å². The van der Waals surface area contributed by atoms with E-state index in [2.05, 4.69) is 37.1 Å². The van der Waals surface area contributed by atoms with Crippen LogP contribution in [-0.2, 0) is 28.9 Å². The first-order valence-electron chi connectivity index (χ1n) is 12.3. The summed E-state index contributed by atoms with van der Waals surface area (Å²) in [6.07, 6.45) is 9.16. The van der Waals surface area contributed by atoms with E-state index >= 15 is 0 Å². The number of esters is 1. The summed E-state index contributed by atoms with van der Waals surface area (Å²) >= 11 is 0. The second-order valence-corrected chi connectivity index (χ2v) is 9.59. The van der Waals surface area contributed by atoms with Gasteiger partial charge in [0, 0.05) is 17.7 Å². The molecule has 32 heavy (non-hydrogen) atoms. The molecule has 1 aromatic carbocycles. The number of rotatable bonds is 8. The number of Topliss-reactive ketones (excluding diaryl/α,β-unsaturated/α-hetero) is 1. The number of fused-ring (bicyclic) bond motifs is 1. The van der Waals surface area contributed by atoms with Gasteiger partial charge in [-0.15, -0.1) is 0 Å². The molecule has 1 saturated carbocycles. The average molecular weight is 437 g/mol. The highest BCUT2D eigenvalue weighted by atomic mass is 16.5. The zero-order valence-corrected chi connectivity index (χ0v) is 19.8. The molecule has 0 N–H and O–H groups in total. The number of aryl methyl sites for hydroxylation is 1. The maximum atomic E-state index is 12.8. The smallest absolute Gasteiger partial charge is 0.359 e. The van der Waals surface area contributed by atoms with Gasteiger partial charge in [-0.2, -0.15) is 5.10 Å². The molecule has 1 aromatic heterocycles. The van der Waals surface area contributed by atoms with Crippen LogP contribution in [0.3, 0.4) is 0 Å². The maximum absolute atomic E-state index is 12.8. The van der Waals surface area contributed by atoms with Crippen LogP contribution in [0.1, 0.15) is 96.2 Å². The van der Waals surface area contributed by atoms with Gasteiger partial charge in [-0.3, -0.25) is 9.48 Å². The summed E-state index contributed by atoms with van der Waals surface area (Å²) in [6.45, 7) is 6.86. The van der Waals surface area contributed by atoms with Crippen molar-refractivity contribution in [3.8, 4) is 0 Å². The minimum Gasteiger partial charge on any atom is -0.461 e. The molecule has 0 aliphatic heterocycles. The third kappa shape index (κ3) is 4.82. The second-order valence-electron chi connectivity index (χ2n) is 9.59. The van der Waals surface area contributed by atoms with Crippen LogP contribution in [0.4, 0.5) is 0 Å². The number of hydrogen-bond acceptors (Lipinski definition) is 4. The highest BCUT2D eigenvalue weighted by molar-refractivity contribution is 5.89. The molecule has 0 radical (unpaired) electrons. The molecule has 0 atom stereocenters. The zero-order valence-electron chi connectivity index (χ0n) is 19.8. The lowest BCUT2D eigenvalue weighted by Crippen LogP contribution is -2.18. The Morgan fingerprint density at radius 2 is 1.91 bits per heavy atom. The van der Waals surface area contributed by atoms with Crippen LogP contribution in [0, 0.1) is 19.8 Å². The normalized spacial score (nSPS) is 20.2. The van der Waals surface area contributed by atoms with E-state index in [1.807, 2.05) is 0 Å². The molecule has 0 amide bonds. The summed E-state index contributed by atoms with van der Waals surface area (Å²) in [4.78, 5) is 25.0. The predicted molar refractivity (Wildman–Crippen MR) is 125 cm³/mol. The summed E-state index contributed by atoms with van der Waals surface area (Å²) in [6, 6.07) is 6.67. The van der Waals surface area contributed by atoms with Crippen LogP contribution in [-0.4, -0.2) is 28.1 Å². The minimum absolute atomic E-state index is 0.217. The Labute approximate surface area is 191 Å². The standard InChI is InChI=1S/C27H36N2O3/c1-4-32-27(31)26-24-9-6-10-25(24)29(28-26)17-22(30)16-13-20-11-14-21(15-12-20)23-8-5-7-18(2)19(23)3/h5,7-8,20-21H,4,6,9-17H2,1-3H3. The molecule has 1 heterocycles. The quantitative estimate of drug-likeness (QED) is 0.514. The molecular formula is C27H36N2O3. The van der Waals surface area contributed by atoms with Crippen molar-refractivity contribution in [2.24, 2.45) is 5.92 Å². The molecule has 1 fully saturated rings. The average Bonchev–Trinajstić information content (AvgIpc) is 3.39. The number of carbonyl (C=O) groups excluding carboxylic acids is 2. The van der Waals surface area contributed by atoms with Crippen molar-refractivity contribution in [1.29, 1.82) is 0 Å². The molecular weight excluding hydrogens is 400 g/mol. The predicted octanol–water partition coefficient (Wildman–Crippen LogP) is 5.49. The number of nitrogens with zero attached hydrogens (tertiary/aromatic N) is 2. The minimum atomic E-state index is -0.363. The van der Waals surface area contributed by atoms with Crippen molar-refractivity contribution < 1.29 is 14.3 Å². The van der Waals surface area contributed by atoms with Gasteiger partial charge in [0.2, 0.25) is 0 Å². The second kappa shape index (κ2) is 10.0. The molecule has 0 bridgehead atoms. The third-order valence-corrected chi connectivity index (χ3v) is 7.57. The van der Waals surface area contributed by atoms with Crippen molar-refractivity contribution in [3.05, 3.63) is 51.8 Å². The Kier molecular flexibility index (Phi) is 7.12. The monoisotopic (exact) mass is 436 g/mol. The van der Waals surface area contributed by atoms with E-state index in [0.717, 1.165) is 36.9 Å². The summed E-state index contributed by atoms with van der Waals surface area (Å²) < 4.78 is 6.93. The van der Waals surface area contributed by atoms with Crippen molar-refractivity contribution in [3.63, 3.8) is 0 Å². The Hall–Kier alpha value is -2.43. The van der Waals surface area contributed by atoms with Crippen LogP contribution < -0.4 is 0 Å². The molecule has 0 saturated heterocycles. The van der Waals surface area contributed by atoms with Gasteiger partial charge < -0.3 is 4.74 Å². The first kappa shape index (κ1) is 22.8. The number of hydrogen-bond donors (Lipinski definition) is 0. The highest BCUT2D eigenvalue weighted by Crippen LogP contribution is 2.39. The lowest BCUT2D eigenvalue weighted by molar-refractivity contribution is -0.120. The van der Waals surface area contributed by atoms with Crippen LogP contribution in [0.5, 0.6) is 0 Å². The third-order valence-electron chi connectivity index (χ3n) is 7.57. The van der Waals surface area contributed by atoms with Gasteiger partial charge in [-0.25, -0.2) is 4.79 Å². The number of carbonyl (C=O) groups is 2. The van der Waals surface area contributed by atoms with E-state index in [9.17, 15) is 9.59 Å². The van der Waals surface area contributed by atoms with Gasteiger partial charge in [0.25, 0.3) is 0 Å². The number of ketones is 1. The van der Waals surface area contributed by atoms with E-state index in [0.29, 0.717) is 30.6 Å². The van der Waals surface area contributed by atoms with E-state index in [4.69, 9.17) is 4.74 Å². The molecule has 2 aliphatic carbocycles. The fraction of sp³-hybridized carbons (Fsp3) is 0.593. The van der Waals surface area contributed by atoms with Gasteiger partial charge in [0.05, 0.1) is 13.2 Å². The van der Waals surface area contributed by atoms with Crippen molar-refractivity contribution >= 4 is 11.8 Å². The lowest BCUT2D eigenvalue weighted by atomic mass is 9.75. The van der Waals surface area contributed by atoms with Crippen LogP contribution in [0.2, 0.25) is 0 Å². The summed E-state index contributed by atoms with van der Waals surface area (Å²) in [7, 11) is 0. The maximum Gasteiger partial charge on any atom is 0.359 e. The van der Waals surface area contributed by atoms with E-state index in [1.54, 1.807) is 11.6 Å². The van der Waals surface area contributed by atoms with Crippen molar-refractivity contribution in [2.45, 2.75) is 91.0 Å². The molecule has 172 valence electrons. The fourth-order valence-electron chi connectivity index (χ4n) is 5.59. The van der Waals surface area contributed by atoms with Crippen molar-refractivity contribution in [2.75, 3.05) is 6.61 Å². The molecule has 5 heteroatoms. The summed E-state index contributed by atoms with van der Waals surface area (Å²) in [5.74, 6) is 1.15. The zero-order chi connectivity index (χ0) is 22.7. The van der Waals surface area contributed by atoms with Gasteiger partial charge in [-0.05, 0) is 101 Å². The molecule has 0 spiro atoms. The SMILES string of the molecule is CCOC(=O)c1nn(CC(=O)CCC2CCC(c3cccc(C)c3C)CC2)c2c1CCC2. The molecule has 2 aromatic rings. The lowest BCUT2D eigenvalue weighted by Gasteiger charge is -2.30. The fourth-order valence-corrected chi connectivity index (χ4v) is 5.59. The van der Waals surface area contributed by atoms with Gasteiger partial charge >= 0.3 is 5.97 Å². The van der Waals surface area contributed by atoms with E-state index < -0.39 is 0 Å². The number of aromatic nitrogens is 2. The highest BCUT2D eigenvalue weighted by Gasteiger charge is 2.28. The number of benzene rings is 1. The first-order valence-corrected chi connectivity index (χ1v) is 12.3. The van der Waals surface area contributed by atoms with Gasteiger partial charge in [0.1, 0.15) is 0 Å². The molecule has 4 rings (SSSR count). The van der Waals surface area contributed by atoms with Crippen LogP contribution in [0.25, 0.3) is 0 Å². The number of ether oxygens (including phenoxy) is 1. The molecule has 2 aliphatic rings. The Bertz CT molecular complexity index is 983. The van der Waals surface area contributed by atoms with Crippen LogP contribution >= 0.6 is 0 Å². The largest absolute Gasteiger partial charge is 0.461 e. The van der Waals surface area contributed by atoms with E-state index in [-0.39, 0.29) is 18.3 Å². The van der Waals surface area contributed by atoms with Gasteiger partial charge in [0.15, 0.2) is 11.5 Å². The Balaban J connectivity index is 1.29. The Morgan fingerprint density at radius 3 is 2.66 bits per heavy atom. The molecule has 5 nitrogen and oxygen atoms in total. The van der Waals surface area contributed by atoms with Crippen molar-refractivity contribution in [1.82, 2.24) is 9.78 Å². The van der Waals surface area contributed by atoms with Gasteiger partial charge in [-0.1, -0.05) is 18.2 Å².